The highest BCUT2D eigenvalue weighted by molar-refractivity contribution is 5.83. The minimum Gasteiger partial charge on any atom is -0.481 e. The van der Waals surface area contributed by atoms with Crippen LogP contribution in [0.3, 0.4) is 0 Å². The molecule has 0 rings (SSSR count). The highest BCUT2D eigenvalue weighted by Crippen LogP contribution is 2.08. The first-order valence-corrected chi connectivity index (χ1v) is 6.78. The Morgan fingerprint density at radius 1 is 0.944 bits per heavy atom. The van der Waals surface area contributed by atoms with Crippen LogP contribution in [0.2, 0.25) is 0 Å². The lowest BCUT2D eigenvalue weighted by molar-refractivity contribution is -0.137. The number of hydrogen-bond acceptors (Lipinski definition) is 4. The second kappa shape index (κ2) is 11.2. The lowest BCUT2D eigenvalue weighted by Gasteiger charge is -2.09. The van der Waals surface area contributed by atoms with Gasteiger partial charge in [-0.3, -0.25) is 9.59 Å². The fourth-order valence-corrected chi connectivity index (χ4v) is 1.78. The Morgan fingerprint density at radius 2 is 1.56 bits per heavy atom. The zero-order valence-electron chi connectivity index (χ0n) is 11.1. The van der Waals surface area contributed by atoms with Gasteiger partial charge in [-0.15, -0.1) is 0 Å². The minimum absolute atomic E-state index is 0.116. The van der Waals surface area contributed by atoms with Crippen molar-refractivity contribution in [1.82, 2.24) is 0 Å². The molecule has 0 fully saturated rings. The van der Waals surface area contributed by atoms with Crippen molar-refractivity contribution >= 4 is 11.8 Å². The van der Waals surface area contributed by atoms with E-state index < -0.39 is 5.97 Å². The van der Waals surface area contributed by atoms with Crippen molar-refractivity contribution < 1.29 is 14.7 Å². The molecule has 18 heavy (non-hydrogen) atoms. The van der Waals surface area contributed by atoms with Gasteiger partial charge in [0, 0.05) is 12.8 Å². The Morgan fingerprint density at radius 3 is 2.11 bits per heavy atom. The summed E-state index contributed by atoms with van der Waals surface area (Å²) in [5.74, 6) is -0.641. The van der Waals surface area contributed by atoms with E-state index in [0.29, 0.717) is 19.4 Å². The van der Waals surface area contributed by atoms with Crippen LogP contribution < -0.4 is 11.5 Å². The van der Waals surface area contributed by atoms with Crippen molar-refractivity contribution in [2.45, 2.75) is 63.8 Å². The number of carbonyl (C=O) groups excluding carboxylic acids is 1. The van der Waals surface area contributed by atoms with Gasteiger partial charge < -0.3 is 16.6 Å². The molecule has 5 N–H and O–H groups in total. The summed E-state index contributed by atoms with van der Waals surface area (Å²) in [5, 5.41) is 8.45. The SMILES string of the molecule is NCCCCC(N)C(=O)CCCCCCC(=O)O. The monoisotopic (exact) mass is 258 g/mol. The third kappa shape index (κ3) is 10.2. The number of ketones is 1. The predicted octanol–water partition coefficient (Wildman–Crippen LogP) is 1.44. The number of Topliss-reactive ketones (excluding diaryl/α,β-unsaturated/α-hetero) is 1. The van der Waals surface area contributed by atoms with Crippen LogP contribution in [0, 0.1) is 0 Å². The van der Waals surface area contributed by atoms with Crippen LogP contribution in [0.5, 0.6) is 0 Å². The Balaban J connectivity index is 3.43. The molecule has 0 spiro atoms. The molecule has 0 bridgehead atoms. The summed E-state index contributed by atoms with van der Waals surface area (Å²) in [6.07, 6.45) is 6.52. The van der Waals surface area contributed by atoms with Gasteiger partial charge in [0.1, 0.15) is 5.78 Å². The van der Waals surface area contributed by atoms with E-state index in [0.717, 1.165) is 38.5 Å². The van der Waals surface area contributed by atoms with Crippen LogP contribution in [0.25, 0.3) is 0 Å². The van der Waals surface area contributed by atoms with Gasteiger partial charge in [0.05, 0.1) is 6.04 Å². The lowest BCUT2D eigenvalue weighted by atomic mass is 10.0. The number of aliphatic carboxylic acids is 1. The first-order chi connectivity index (χ1) is 8.57. The first kappa shape index (κ1) is 17.1. The van der Waals surface area contributed by atoms with Crippen LogP contribution in [0.4, 0.5) is 0 Å². The van der Waals surface area contributed by atoms with Crippen molar-refractivity contribution in [2.75, 3.05) is 6.54 Å². The molecular formula is C13H26N2O3. The Kier molecular flexibility index (Phi) is 10.6. The second-order valence-corrected chi connectivity index (χ2v) is 4.67. The van der Waals surface area contributed by atoms with Crippen molar-refractivity contribution in [1.29, 1.82) is 0 Å². The Labute approximate surface area is 109 Å². The van der Waals surface area contributed by atoms with Crippen molar-refractivity contribution in [3.63, 3.8) is 0 Å². The van der Waals surface area contributed by atoms with Crippen LogP contribution in [-0.2, 0) is 9.59 Å². The maximum absolute atomic E-state index is 11.6. The minimum atomic E-state index is -0.756. The molecule has 0 amide bonds. The fraction of sp³-hybridized carbons (Fsp3) is 0.846. The van der Waals surface area contributed by atoms with Gasteiger partial charge in [0.25, 0.3) is 0 Å². The summed E-state index contributed by atoms with van der Waals surface area (Å²) in [5.41, 5.74) is 11.1. The molecule has 0 radical (unpaired) electrons. The lowest BCUT2D eigenvalue weighted by Crippen LogP contribution is -2.30. The Bertz CT molecular complexity index is 244. The molecule has 5 nitrogen and oxygen atoms in total. The smallest absolute Gasteiger partial charge is 0.303 e. The molecule has 0 heterocycles. The normalized spacial score (nSPS) is 12.3. The van der Waals surface area contributed by atoms with E-state index in [1.54, 1.807) is 0 Å². The van der Waals surface area contributed by atoms with E-state index in [1.165, 1.54) is 0 Å². The summed E-state index contributed by atoms with van der Waals surface area (Å²) >= 11 is 0. The van der Waals surface area contributed by atoms with Crippen molar-refractivity contribution in [3.05, 3.63) is 0 Å². The molecule has 0 aromatic rings. The van der Waals surface area contributed by atoms with E-state index in [-0.39, 0.29) is 18.2 Å². The van der Waals surface area contributed by atoms with E-state index in [9.17, 15) is 9.59 Å². The summed E-state index contributed by atoms with van der Waals surface area (Å²) < 4.78 is 0. The van der Waals surface area contributed by atoms with Crippen LogP contribution in [-0.4, -0.2) is 29.4 Å². The largest absolute Gasteiger partial charge is 0.481 e. The summed E-state index contributed by atoms with van der Waals surface area (Å²) in [7, 11) is 0. The fourth-order valence-electron chi connectivity index (χ4n) is 1.78. The van der Waals surface area contributed by atoms with E-state index in [4.69, 9.17) is 16.6 Å². The molecule has 0 aliphatic rings. The summed E-state index contributed by atoms with van der Waals surface area (Å²) in [6.45, 7) is 0.643. The zero-order chi connectivity index (χ0) is 13.8. The number of unbranched alkanes of at least 4 members (excludes halogenated alkanes) is 4. The maximum Gasteiger partial charge on any atom is 0.303 e. The topological polar surface area (TPSA) is 106 Å². The molecule has 0 saturated heterocycles. The van der Waals surface area contributed by atoms with Crippen LogP contribution in [0.1, 0.15) is 57.8 Å². The third-order valence-corrected chi connectivity index (χ3v) is 2.95. The van der Waals surface area contributed by atoms with E-state index in [1.807, 2.05) is 0 Å². The molecule has 0 aromatic heterocycles. The van der Waals surface area contributed by atoms with Gasteiger partial charge >= 0.3 is 5.97 Å². The second-order valence-electron chi connectivity index (χ2n) is 4.67. The van der Waals surface area contributed by atoms with Crippen molar-refractivity contribution in [3.8, 4) is 0 Å². The molecule has 0 saturated carbocycles. The van der Waals surface area contributed by atoms with Gasteiger partial charge in [-0.2, -0.15) is 0 Å². The maximum atomic E-state index is 11.6. The molecule has 1 atom stereocenters. The van der Waals surface area contributed by atoms with E-state index >= 15 is 0 Å². The quantitative estimate of drug-likeness (QED) is 0.459. The van der Waals surface area contributed by atoms with E-state index in [2.05, 4.69) is 0 Å². The van der Waals surface area contributed by atoms with Gasteiger partial charge in [-0.05, 0) is 32.2 Å². The van der Waals surface area contributed by atoms with Gasteiger partial charge in [0.2, 0.25) is 0 Å². The van der Waals surface area contributed by atoms with Gasteiger partial charge in [0.15, 0.2) is 0 Å². The summed E-state index contributed by atoms with van der Waals surface area (Å²) in [4.78, 5) is 21.9. The molecule has 1 unspecified atom stereocenters. The number of carboxylic acid groups (broad SMARTS) is 1. The number of hydrogen-bond donors (Lipinski definition) is 3. The number of carboxylic acids is 1. The highest BCUT2D eigenvalue weighted by Gasteiger charge is 2.12. The zero-order valence-corrected chi connectivity index (χ0v) is 11.1. The molecule has 0 aromatic carbocycles. The number of carbonyl (C=O) groups is 2. The molecular weight excluding hydrogens is 232 g/mol. The van der Waals surface area contributed by atoms with Crippen molar-refractivity contribution in [2.24, 2.45) is 11.5 Å². The average molecular weight is 258 g/mol. The van der Waals surface area contributed by atoms with Gasteiger partial charge in [-0.1, -0.05) is 19.3 Å². The average Bonchev–Trinajstić information content (AvgIpc) is 2.33. The van der Waals surface area contributed by atoms with Crippen LogP contribution in [0.15, 0.2) is 0 Å². The first-order valence-electron chi connectivity index (χ1n) is 6.78. The predicted molar refractivity (Wildman–Crippen MR) is 71.2 cm³/mol. The molecule has 106 valence electrons. The van der Waals surface area contributed by atoms with Gasteiger partial charge in [-0.25, -0.2) is 0 Å². The standard InChI is InChI=1S/C13H26N2O3/c14-10-6-5-7-11(15)12(16)8-3-1-2-4-9-13(17)18/h11H,1-10,14-15H2,(H,17,18). The summed E-state index contributed by atoms with van der Waals surface area (Å²) in [6, 6.07) is -0.351. The van der Waals surface area contributed by atoms with Crippen LogP contribution >= 0.6 is 0 Å². The third-order valence-electron chi connectivity index (χ3n) is 2.95. The Hall–Kier alpha value is -0.940. The number of rotatable bonds is 12. The molecule has 0 aliphatic heterocycles. The highest BCUT2D eigenvalue weighted by atomic mass is 16.4. The molecule has 0 aliphatic carbocycles. The molecule has 5 heteroatoms. The number of nitrogens with two attached hydrogens (primary N) is 2.